The minimum atomic E-state index is 0.00347. The van der Waals surface area contributed by atoms with Crippen LogP contribution >= 0.6 is 11.6 Å². The lowest BCUT2D eigenvalue weighted by Crippen LogP contribution is -2.41. The molecule has 7 heteroatoms. The molecule has 0 radical (unpaired) electrons. The Balaban J connectivity index is 1.54. The summed E-state index contributed by atoms with van der Waals surface area (Å²) in [5.74, 6) is 1.65. The van der Waals surface area contributed by atoms with E-state index in [1.54, 1.807) is 13.3 Å². The lowest BCUT2D eigenvalue weighted by atomic mass is 9.98. The highest BCUT2D eigenvalue weighted by Gasteiger charge is 2.27. The Labute approximate surface area is 164 Å². The second-order valence-corrected chi connectivity index (χ2v) is 7.13. The molecule has 0 N–H and O–H groups in total. The first-order valence-electron chi connectivity index (χ1n) is 9.19. The van der Waals surface area contributed by atoms with E-state index in [0.29, 0.717) is 32.1 Å². The molecule has 6 nitrogen and oxygen atoms in total. The average Bonchev–Trinajstić information content (AvgIpc) is 3.15. The third-order valence-corrected chi connectivity index (χ3v) is 4.90. The van der Waals surface area contributed by atoms with Gasteiger partial charge in [-0.1, -0.05) is 23.7 Å². The number of nitrogens with zero attached hydrogens (tertiary/aromatic N) is 2. The summed E-state index contributed by atoms with van der Waals surface area (Å²) >= 11 is 5.92. The van der Waals surface area contributed by atoms with E-state index < -0.39 is 0 Å². The van der Waals surface area contributed by atoms with Gasteiger partial charge in [0.15, 0.2) is 5.89 Å². The van der Waals surface area contributed by atoms with Gasteiger partial charge in [0.25, 0.3) is 0 Å². The quantitative estimate of drug-likeness (QED) is 0.645. The predicted octanol–water partition coefficient (Wildman–Crippen LogP) is 3.29. The van der Waals surface area contributed by atoms with Gasteiger partial charge in [-0.25, -0.2) is 4.98 Å². The second kappa shape index (κ2) is 9.88. The lowest BCUT2D eigenvalue weighted by Gasteiger charge is -2.31. The van der Waals surface area contributed by atoms with E-state index >= 15 is 0 Å². The molecule has 3 rings (SSSR count). The molecule has 1 fully saturated rings. The summed E-state index contributed by atoms with van der Waals surface area (Å²) in [7, 11) is 1.61. The zero-order chi connectivity index (χ0) is 19.1. The first-order chi connectivity index (χ1) is 13.2. The Bertz CT molecular complexity index is 732. The molecule has 1 unspecified atom stereocenters. The predicted molar refractivity (Wildman–Crippen MR) is 102 cm³/mol. The summed E-state index contributed by atoms with van der Waals surface area (Å²) in [5.41, 5.74) is 1.12. The van der Waals surface area contributed by atoms with E-state index in [1.807, 2.05) is 29.2 Å². The van der Waals surface area contributed by atoms with Crippen LogP contribution in [0.4, 0.5) is 0 Å². The van der Waals surface area contributed by atoms with Gasteiger partial charge >= 0.3 is 0 Å². The third-order valence-electron chi connectivity index (χ3n) is 4.64. The van der Waals surface area contributed by atoms with Crippen LogP contribution in [0.15, 0.2) is 34.9 Å². The Hall–Kier alpha value is -1.89. The van der Waals surface area contributed by atoms with Gasteiger partial charge in [0.05, 0.1) is 25.3 Å². The number of ether oxygens (including phenoxy) is 2. The molecule has 146 valence electrons. The first-order valence-corrected chi connectivity index (χ1v) is 9.57. The maximum Gasteiger partial charge on any atom is 0.248 e. The van der Waals surface area contributed by atoms with Gasteiger partial charge in [0.1, 0.15) is 12.4 Å². The SMILES string of the molecule is COCCOCC(=O)N1CCCC(c2ncc(Cc3ccc(Cl)cc3)o2)C1. The average molecular weight is 393 g/mol. The number of rotatable bonds is 8. The largest absolute Gasteiger partial charge is 0.445 e. The number of carbonyl (C=O) groups is 1. The van der Waals surface area contributed by atoms with Crippen molar-refractivity contribution in [2.45, 2.75) is 25.2 Å². The lowest BCUT2D eigenvalue weighted by molar-refractivity contribution is -0.137. The number of methoxy groups -OCH3 is 1. The van der Waals surface area contributed by atoms with Gasteiger partial charge in [-0.2, -0.15) is 0 Å². The number of hydrogen-bond donors (Lipinski definition) is 0. The van der Waals surface area contributed by atoms with E-state index in [-0.39, 0.29) is 18.4 Å². The van der Waals surface area contributed by atoms with Crippen molar-refractivity contribution >= 4 is 17.5 Å². The van der Waals surface area contributed by atoms with Crippen LogP contribution in [-0.4, -0.2) is 55.8 Å². The smallest absolute Gasteiger partial charge is 0.248 e. The number of aromatic nitrogens is 1. The van der Waals surface area contributed by atoms with Crippen LogP contribution in [-0.2, 0) is 20.7 Å². The van der Waals surface area contributed by atoms with Crippen LogP contribution in [0.1, 0.15) is 36.0 Å². The molecule has 1 aromatic heterocycles. The van der Waals surface area contributed by atoms with E-state index in [1.165, 1.54) is 0 Å². The molecule has 27 heavy (non-hydrogen) atoms. The Morgan fingerprint density at radius 2 is 2.15 bits per heavy atom. The van der Waals surface area contributed by atoms with Gasteiger partial charge in [-0.3, -0.25) is 4.79 Å². The molecule has 1 saturated heterocycles. The van der Waals surface area contributed by atoms with Crippen LogP contribution in [0.2, 0.25) is 5.02 Å². The number of piperidine rings is 1. The molecule has 0 bridgehead atoms. The van der Waals surface area contributed by atoms with Gasteiger partial charge in [0, 0.05) is 31.6 Å². The Morgan fingerprint density at radius 1 is 1.33 bits per heavy atom. The molecule has 1 amide bonds. The van der Waals surface area contributed by atoms with Gasteiger partial charge in [-0.15, -0.1) is 0 Å². The van der Waals surface area contributed by atoms with E-state index in [2.05, 4.69) is 4.98 Å². The number of oxazole rings is 1. The normalized spacial score (nSPS) is 17.3. The fourth-order valence-corrected chi connectivity index (χ4v) is 3.32. The number of benzene rings is 1. The molecular weight excluding hydrogens is 368 g/mol. The molecule has 2 aromatic rings. The molecular formula is C20H25ClN2O4. The molecule has 1 atom stereocenters. The minimum Gasteiger partial charge on any atom is -0.445 e. The van der Waals surface area contributed by atoms with Gasteiger partial charge < -0.3 is 18.8 Å². The third kappa shape index (κ3) is 5.79. The molecule has 1 aliphatic heterocycles. The first kappa shape index (κ1) is 19.9. The Morgan fingerprint density at radius 3 is 2.93 bits per heavy atom. The van der Waals surface area contributed by atoms with E-state index in [0.717, 1.165) is 35.7 Å². The zero-order valence-electron chi connectivity index (χ0n) is 15.5. The summed E-state index contributed by atoms with van der Waals surface area (Å²) in [6.07, 6.45) is 4.35. The maximum atomic E-state index is 12.3. The van der Waals surface area contributed by atoms with Crippen molar-refractivity contribution in [1.29, 1.82) is 0 Å². The molecule has 1 aromatic carbocycles. The van der Waals surface area contributed by atoms with Crippen molar-refractivity contribution in [3.05, 3.63) is 52.7 Å². The fourth-order valence-electron chi connectivity index (χ4n) is 3.19. The van der Waals surface area contributed by atoms with Crippen molar-refractivity contribution in [2.24, 2.45) is 0 Å². The molecule has 0 aliphatic carbocycles. The summed E-state index contributed by atoms with van der Waals surface area (Å²) in [5, 5.41) is 0.718. The Kier molecular flexibility index (Phi) is 7.26. The van der Waals surface area contributed by atoms with Crippen LogP contribution in [0.3, 0.4) is 0 Å². The summed E-state index contributed by atoms with van der Waals surface area (Å²) < 4.78 is 16.2. The van der Waals surface area contributed by atoms with E-state index in [9.17, 15) is 4.79 Å². The summed E-state index contributed by atoms with van der Waals surface area (Å²) in [4.78, 5) is 18.6. The van der Waals surface area contributed by atoms with Crippen molar-refractivity contribution < 1.29 is 18.7 Å². The number of hydrogen-bond acceptors (Lipinski definition) is 5. The highest BCUT2D eigenvalue weighted by atomic mass is 35.5. The van der Waals surface area contributed by atoms with Gasteiger partial charge in [0.2, 0.25) is 5.91 Å². The van der Waals surface area contributed by atoms with Crippen molar-refractivity contribution in [3.8, 4) is 0 Å². The van der Waals surface area contributed by atoms with Crippen LogP contribution in [0, 0.1) is 0 Å². The monoisotopic (exact) mass is 392 g/mol. The van der Waals surface area contributed by atoms with Crippen molar-refractivity contribution in [1.82, 2.24) is 9.88 Å². The van der Waals surface area contributed by atoms with Crippen molar-refractivity contribution in [3.63, 3.8) is 0 Å². The molecule has 1 aliphatic rings. The topological polar surface area (TPSA) is 64.8 Å². The van der Waals surface area contributed by atoms with Crippen LogP contribution in [0.25, 0.3) is 0 Å². The second-order valence-electron chi connectivity index (χ2n) is 6.69. The fraction of sp³-hybridized carbons (Fsp3) is 0.500. The molecule has 2 heterocycles. The zero-order valence-corrected chi connectivity index (χ0v) is 16.3. The van der Waals surface area contributed by atoms with Crippen molar-refractivity contribution in [2.75, 3.05) is 40.0 Å². The standard InChI is InChI=1S/C20H25ClN2O4/c1-25-9-10-26-14-19(24)23-8-2-3-16(13-23)20-22-12-18(27-20)11-15-4-6-17(21)7-5-15/h4-7,12,16H,2-3,8-11,13-14H2,1H3. The number of amides is 1. The van der Waals surface area contributed by atoms with Crippen LogP contribution in [0.5, 0.6) is 0 Å². The number of carbonyl (C=O) groups excluding carboxylic acids is 1. The molecule has 0 saturated carbocycles. The summed E-state index contributed by atoms with van der Waals surface area (Å²) in [6, 6.07) is 7.70. The highest BCUT2D eigenvalue weighted by molar-refractivity contribution is 6.30. The highest BCUT2D eigenvalue weighted by Crippen LogP contribution is 2.27. The number of halogens is 1. The van der Waals surface area contributed by atoms with E-state index in [4.69, 9.17) is 25.5 Å². The summed E-state index contributed by atoms with van der Waals surface area (Å²) in [6.45, 7) is 2.37. The maximum absolute atomic E-state index is 12.3. The van der Waals surface area contributed by atoms with Crippen LogP contribution < -0.4 is 0 Å². The minimum absolute atomic E-state index is 0.00347. The molecule has 0 spiro atoms. The number of likely N-dealkylation sites (tertiary alicyclic amines) is 1. The van der Waals surface area contributed by atoms with Gasteiger partial charge in [-0.05, 0) is 30.5 Å².